The van der Waals surface area contributed by atoms with E-state index >= 15 is 0 Å². The van der Waals surface area contributed by atoms with Gasteiger partial charge >= 0.3 is 6.09 Å². The van der Waals surface area contributed by atoms with Crippen molar-refractivity contribution >= 4 is 12.0 Å². The van der Waals surface area contributed by atoms with Gasteiger partial charge in [-0.1, -0.05) is 0 Å². The Balaban J connectivity index is 1.98. The van der Waals surface area contributed by atoms with E-state index in [4.69, 9.17) is 9.47 Å². The van der Waals surface area contributed by atoms with Crippen LogP contribution < -0.4 is 10.6 Å². The van der Waals surface area contributed by atoms with Crippen molar-refractivity contribution in [1.82, 2.24) is 10.6 Å². The Hall–Kier alpha value is -1.30. The molecule has 0 unspecified atom stereocenters. The summed E-state index contributed by atoms with van der Waals surface area (Å²) in [6, 6.07) is 0. The highest BCUT2D eigenvalue weighted by Crippen LogP contribution is 2.19. The van der Waals surface area contributed by atoms with Crippen molar-refractivity contribution in [3.63, 3.8) is 0 Å². The minimum absolute atomic E-state index is 0.0389. The van der Waals surface area contributed by atoms with Crippen molar-refractivity contribution in [3.05, 3.63) is 0 Å². The minimum atomic E-state index is -0.517. The molecule has 1 saturated heterocycles. The first-order valence-electron chi connectivity index (χ1n) is 8.18. The summed E-state index contributed by atoms with van der Waals surface area (Å²) in [7, 11) is 0. The van der Waals surface area contributed by atoms with Crippen LogP contribution in [0.4, 0.5) is 4.79 Å². The van der Waals surface area contributed by atoms with Crippen molar-refractivity contribution in [2.24, 2.45) is 5.92 Å². The Morgan fingerprint density at radius 2 is 1.82 bits per heavy atom. The number of rotatable bonds is 7. The van der Waals surface area contributed by atoms with Crippen LogP contribution in [0, 0.1) is 5.92 Å². The van der Waals surface area contributed by atoms with E-state index in [1.807, 2.05) is 0 Å². The number of hydrogen-bond donors (Lipinski definition) is 2. The molecule has 0 aromatic rings. The molecule has 0 aromatic carbocycles. The van der Waals surface area contributed by atoms with E-state index in [0.717, 1.165) is 44.8 Å². The SMILES string of the molecule is CC(C)(C)OC(=O)NCCC(=O)NCCCC1CCOCC1. The van der Waals surface area contributed by atoms with Crippen LogP contribution in [0.1, 0.15) is 52.9 Å². The van der Waals surface area contributed by atoms with Gasteiger partial charge in [-0.2, -0.15) is 0 Å². The van der Waals surface area contributed by atoms with Crippen molar-refractivity contribution < 1.29 is 19.1 Å². The maximum absolute atomic E-state index is 11.6. The van der Waals surface area contributed by atoms with Gasteiger partial charge in [0.15, 0.2) is 0 Å². The van der Waals surface area contributed by atoms with Gasteiger partial charge in [0.1, 0.15) is 5.60 Å². The lowest BCUT2D eigenvalue weighted by Gasteiger charge is -2.21. The standard InChI is InChI=1S/C16H30N2O4/c1-16(2,3)22-15(20)18-10-6-14(19)17-9-4-5-13-7-11-21-12-8-13/h13H,4-12H2,1-3H3,(H,17,19)(H,18,20). The van der Waals surface area contributed by atoms with E-state index < -0.39 is 11.7 Å². The molecule has 6 heteroatoms. The van der Waals surface area contributed by atoms with Gasteiger partial charge in [0.05, 0.1) is 0 Å². The largest absolute Gasteiger partial charge is 0.444 e. The van der Waals surface area contributed by atoms with Crippen LogP contribution in [0.2, 0.25) is 0 Å². The molecule has 0 saturated carbocycles. The van der Waals surface area contributed by atoms with E-state index in [1.165, 1.54) is 0 Å². The Morgan fingerprint density at radius 3 is 2.45 bits per heavy atom. The van der Waals surface area contributed by atoms with Crippen LogP contribution in [0.5, 0.6) is 0 Å². The molecule has 0 spiro atoms. The van der Waals surface area contributed by atoms with Gasteiger partial charge in [-0.3, -0.25) is 4.79 Å². The van der Waals surface area contributed by atoms with Crippen molar-refractivity contribution in [1.29, 1.82) is 0 Å². The lowest BCUT2D eigenvalue weighted by atomic mass is 9.95. The summed E-state index contributed by atoms with van der Waals surface area (Å²) in [5, 5.41) is 5.46. The van der Waals surface area contributed by atoms with Crippen LogP contribution in [0.25, 0.3) is 0 Å². The van der Waals surface area contributed by atoms with E-state index in [9.17, 15) is 9.59 Å². The van der Waals surface area contributed by atoms with Crippen LogP contribution >= 0.6 is 0 Å². The summed E-state index contributed by atoms with van der Waals surface area (Å²) in [5.41, 5.74) is -0.517. The highest BCUT2D eigenvalue weighted by molar-refractivity contribution is 5.76. The first-order valence-corrected chi connectivity index (χ1v) is 8.18. The first kappa shape index (κ1) is 18.7. The highest BCUT2D eigenvalue weighted by Gasteiger charge is 2.16. The van der Waals surface area contributed by atoms with E-state index in [-0.39, 0.29) is 12.3 Å². The molecule has 1 aliphatic rings. The molecular weight excluding hydrogens is 284 g/mol. The van der Waals surface area contributed by atoms with Crippen LogP contribution in [-0.4, -0.2) is 43.9 Å². The van der Waals surface area contributed by atoms with Gasteiger partial charge in [-0.15, -0.1) is 0 Å². The molecule has 128 valence electrons. The number of ether oxygens (including phenoxy) is 2. The number of carbonyl (C=O) groups is 2. The molecule has 1 rings (SSSR count). The maximum Gasteiger partial charge on any atom is 0.407 e. The number of carbonyl (C=O) groups excluding carboxylic acids is 2. The molecule has 1 aliphatic heterocycles. The summed E-state index contributed by atoms with van der Waals surface area (Å²) in [4.78, 5) is 23.0. The molecule has 1 fully saturated rings. The third-order valence-electron chi connectivity index (χ3n) is 3.47. The first-order chi connectivity index (χ1) is 10.4. The topological polar surface area (TPSA) is 76.7 Å². The predicted molar refractivity (Wildman–Crippen MR) is 84.6 cm³/mol. The van der Waals surface area contributed by atoms with Crippen molar-refractivity contribution in [2.75, 3.05) is 26.3 Å². The van der Waals surface area contributed by atoms with Crippen molar-refractivity contribution in [2.45, 2.75) is 58.5 Å². The van der Waals surface area contributed by atoms with Gasteiger partial charge in [-0.05, 0) is 52.4 Å². The summed E-state index contributed by atoms with van der Waals surface area (Å²) in [5.74, 6) is 0.697. The average Bonchev–Trinajstić information content (AvgIpc) is 2.43. The van der Waals surface area contributed by atoms with Crippen LogP contribution in [-0.2, 0) is 14.3 Å². The molecule has 22 heavy (non-hydrogen) atoms. The normalized spacial score (nSPS) is 16.1. The minimum Gasteiger partial charge on any atom is -0.444 e. The molecule has 6 nitrogen and oxygen atoms in total. The number of amides is 2. The zero-order chi connectivity index (χ0) is 16.4. The Kier molecular flexibility index (Phi) is 8.24. The maximum atomic E-state index is 11.6. The molecule has 0 radical (unpaired) electrons. The Bertz CT molecular complexity index is 347. The van der Waals surface area contributed by atoms with E-state index in [0.29, 0.717) is 13.1 Å². The van der Waals surface area contributed by atoms with Crippen LogP contribution in [0.3, 0.4) is 0 Å². The van der Waals surface area contributed by atoms with Crippen molar-refractivity contribution in [3.8, 4) is 0 Å². The molecule has 2 amide bonds. The fraction of sp³-hybridized carbons (Fsp3) is 0.875. The summed E-state index contributed by atoms with van der Waals surface area (Å²) < 4.78 is 10.4. The second-order valence-electron chi connectivity index (χ2n) is 6.73. The van der Waals surface area contributed by atoms with Gasteiger partial charge in [0.2, 0.25) is 5.91 Å². The third kappa shape index (κ3) is 9.60. The smallest absolute Gasteiger partial charge is 0.407 e. The van der Waals surface area contributed by atoms with Gasteiger partial charge in [0, 0.05) is 32.7 Å². The number of hydrogen-bond acceptors (Lipinski definition) is 4. The molecule has 2 N–H and O–H groups in total. The third-order valence-corrected chi connectivity index (χ3v) is 3.47. The summed E-state index contributed by atoms with van der Waals surface area (Å²) in [6.45, 7) is 8.14. The predicted octanol–water partition coefficient (Wildman–Crippen LogP) is 2.22. The highest BCUT2D eigenvalue weighted by atomic mass is 16.6. The Labute approximate surface area is 133 Å². The molecular formula is C16H30N2O4. The second-order valence-corrected chi connectivity index (χ2v) is 6.73. The molecule has 0 atom stereocenters. The fourth-order valence-electron chi connectivity index (χ4n) is 2.33. The molecule has 1 heterocycles. The van der Waals surface area contributed by atoms with E-state index in [2.05, 4.69) is 10.6 Å². The van der Waals surface area contributed by atoms with Gasteiger partial charge in [0.25, 0.3) is 0 Å². The fourth-order valence-corrected chi connectivity index (χ4v) is 2.33. The average molecular weight is 314 g/mol. The summed E-state index contributed by atoms with van der Waals surface area (Å²) >= 11 is 0. The lowest BCUT2D eigenvalue weighted by Crippen LogP contribution is -2.35. The van der Waals surface area contributed by atoms with Gasteiger partial charge < -0.3 is 20.1 Å². The molecule has 0 bridgehead atoms. The van der Waals surface area contributed by atoms with E-state index in [1.54, 1.807) is 20.8 Å². The zero-order valence-electron chi connectivity index (χ0n) is 14.1. The van der Waals surface area contributed by atoms with Crippen LogP contribution in [0.15, 0.2) is 0 Å². The molecule has 0 aromatic heterocycles. The lowest BCUT2D eigenvalue weighted by molar-refractivity contribution is -0.120. The number of nitrogens with one attached hydrogen (secondary N) is 2. The Morgan fingerprint density at radius 1 is 1.14 bits per heavy atom. The monoisotopic (exact) mass is 314 g/mol. The second kappa shape index (κ2) is 9.66. The zero-order valence-corrected chi connectivity index (χ0v) is 14.1. The summed E-state index contributed by atoms with van der Waals surface area (Å²) in [6.07, 6.45) is 4.19. The van der Waals surface area contributed by atoms with Gasteiger partial charge in [-0.25, -0.2) is 4.79 Å². The number of alkyl carbamates (subject to hydrolysis) is 1. The molecule has 0 aliphatic carbocycles. The quantitative estimate of drug-likeness (QED) is 0.707.